The van der Waals surface area contributed by atoms with E-state index in [-0.39, 0.29) is 5.97 Å². The zero-order chi connectivity index (χ0) is 9.97. The number of esters is 1. The van der Waals surface area contributed by atoms with Crippen molar-refractivity contribution >= 4 is 29.9 Å². The monoisotopic (exact) mass is 208 g/mol. The standard InChI is InChI=1S/C9H8N2O2S/c1-6(12)13-7-2-3-8-9(4-7)14-11-5-10-8/h2-5H,1H3,(H,10,11). The van der Waals surface area contributed by atoms with E-state index in [9.17, 15) is 4.79 Å². The van der Waals surface area contributed by atoms with E-state index in [1.807, 2.05) is 6.07 Å². The average molecular weight is 208 g/mol. The third-order valence-electron chi connectivity index (χ3n) is 1.62. The van der Waals surface area contributed by atoms with Crippen LogP contribution in [0.2, 0.25) is 0 Å². The van der Waals surface area contributed by atoms with E-state index < -0.39 is 0 Å². The molecule has 1 heterocycles. The summed E-state index contributed by atoms with van der Waals surface area (Å²) in [4.78, 5) is 15.8. The van der Waals surface area contributed by atoms with E-state index in [2.05, 4.69) is 9.71 Å². The number of aliphatic imine (C=N–C) groups is 1. The number of hydrogen-bond acceptors (Lipinski definition) is 5. The number of rotatable bonds is 1. The second-order valence-electron chi connectivity index (χ2n) is 2.70. The van der Waals surface area contributed by atoms with Crippen LogP contribution in [0.1, 0.15) is 6.92 Å². The molecule has 0 saturated carbocycles. The molecule has 0 saturated heterocycles. The zero-order valence-corrected chi connectivity index (χ0v) is 8.30. The molecule has 0 amide bonds. The van der Waals surface area contributed by atoms with Gasteiger partial charge in [0.05, 0.1) is 16.9 Å². The van der Waals surface area contributed by atoms with Gasteiger partial charge in [-0.05, 0) is 30.1 Å². The summed E-state index contributed by atoms with van der Waals surface area (Å²) in [6, 6.07) is 5.33. The molecule has 2 rings (SSSR count). The predicted molar refractivity (Wildman–Crippen MR) is 54.9 cm³/mol. The van der Waals surface area contributed by atoms with Crippen LogP contribution in [0.3, 0.4) is 0 Å². The molecule has 5 heteroatoms. The third-order valence-corrected chi connectivity index (χ3v) is 2.39. The van der Waals surface area contributed by atoms with Gasteiger partial charge >= 0.3 is 5.97 Å². The maximum Gasteiger partial charge on any atom is 0.308 e. The van der Waals surface area contributed by atoms with Gasteiger partial charge in [0.15, 0.2) is 0 Å². The molecular formula is C9H8N2O2S. The van der Waals surface area contributed by atoms with Gasteiger partial charge in [-0.25, -0.2) is 4.99 Å². The summed E-state index contributed by atoms with van der Waals surface area (Å²) in [6.45, 7) is 1.38. The second kappa shape index (κ2) is 3.71. The number of nitrogens with one attached hydrogen (secondary N) is 1. The highest BCUT2D eigenvalue weighted by atomic mass is 32.2. The molecule has 0 fully saturated rings. The van der Waals surface area contributed by atoms with Crippen molar-refractivity contribution in [2.45, 2.75) is 11.8 Å². The number of carbonyl (C=O) groups is 1. The largest absolute Gasteiger partial charge is 0.427 e. The van der Waals surface area contributed by atoms with Crippen molar-refractivity contribution in [3.8, 4) is 5.75 Å². The Kier molecular flexibility index (Phi) is 2.41. The lowest BCUT2D eigenvalue weighted by atomic mass is 10.3. The van der Waals surface area contributed by atoms with Crippen molar-refractivity contribution in [3.05, 3.63) is 18.2 Å². The minimum Gasteiger partial charge on any atom is -0.427 e. The fourth-order valence-corrected chi connectivity index (χ4v) is 1.73. The molecule has 14 heavy (non-hydrogen) atoms. The van der Waals surface area contributed by atoms with Crippen LogP contribution in [0.15, 0.2) is 28.1 Å². The first-order chi connectivity index (χ1) is 6.75. The van der Waals surface area contributed by atoms with Gasteiger partial charge in [0.1, 0.15) is 5.75 Å². The molecule has 0 atom stereocenters. The SMILES string of the molecule is CC(=O)Oc1ccc2c(c1)SNC=N2. The lowest BCUT2D eigenvalue weighted by Crippen LogP contribution is -2.04. The minimum atomic E-state index is -0.317. The summed E-state index contributed by atoms with van der Waals surface area (Å²) in [7, 11) is 0. The Labute approximate surface area is 85.5 Å². The van der Waals surface area contributed by atoms with Crippen LogP contribution in [0.25, 0.3) is 0 Å². The number of benzene rings is 1. The van der Waals surface area contributed by atoms with E-state index in [4.69, 9.17) is 4.74 Å². The van der Waals surface area contributed by atoms with Crippen LogP contribution in [0.5, 0.6) is 5.75 Å². The summed E-state index contributed by atoms with van der Waals surface area (Å²) in [5.41, 5.74) is 0.879. The smallest absolute Gasteiger partial charge is 0.308 e. The maximum absolute atomic E-state index is 10.7. The van der Waals surface area contributed by atoms with Crippen molar-refractivity contribution < 1.29 is 9.53 Å². The van der Waals surface area contributed by atoms with Gasteiger partial charge < -0.3 is 9.46 Å². The first kappa shape index (κ1) is 9.08. The molecule has 0 radical (unpaired) electrons. The fraction of sp³-hybridized carbons (Fsp3) is 0.111. The Morgan fingerprint density at radius 2 is 2.43 bits per heavy atom. The van der Waals surface area contributed by atoms with Gasteiger partial charge in [-0.15, -0.1) is 0 Å². The predicted octanol–water partition coefficient (Wildman–Crippen LogP) is 1.88. The molecule has 1 aliphatic rings. The molecule has 1 N–H and O–H groups in total. The number of carbonyl (C=O) groups excluding carboxylic acids is 1. The highest BCUT2D eigenvalue weighted by Crippen LogP contribution is 2.33. The molecule has 4 nitrogen and oxygen atoms in total. The van der Waals surface area contributed by atoms with Crippen LogP contribution in [0, 0.1) is 0 Å². The quantitative estimate of drug-likeness (QED) is 0.435. The summed E-state index contributed by atoms with van der Waals surface area (Å²) < 4.78 is 7.85. The first-order valence-corrected chi connectivity index (χ1v) is 4.85. The van der Waals surface area contributed by atoms with Crippen LogP contribution < -0.4 is 9.46 Å². The topological polar surface area (TPSA) is 50.7 Å². The normalized spacial score (nSPS) is 12.9. The molecule has 0 unspecified atom stereocenters. The molecule has 0 bridgehead atoms. The third kappa shape index (κ3) is 1.88. The lowest BCUT2D eigenvalue weighted by Gasteiger charge is -2.10. The van der Waals surface area contributed by atoms with Crippen molar-refractivity contribution in [2.24, 2.45) is 4.99 Å². The molecule has 0 aliphatic carbocycles. The molecule has 0 aromatic heterocycles. The fourth-order valence-electron chi connectivity index (χ4n) is 1.10. The van der Waals surface area contributed by atoms with Crippen molar-refractivity contribution in [1.82, 2.24) is 4.72 Å². The zero-order valence-electron chi connectivity index (χ0n) is 7.48. The van der Waals surface area contributed by atoms with E-state index in [1.54, 1.807) is 18.5 Å². The van der Waals surface area contributed by atoms with Crippen LogP contribution in [-0.4, -0.2) is 12.3 Å². The van der Waals surface area contributed by atoms with E-state index >= 15 is 0 Å². The van der Waals surface area contributed by atoms with Gasteiger partial charge in [0, 0.05) is 6.92 Å². The van der Waals surface area contributed by atoms with Crippen LogP contribution in [-0.2, 0) is 4.79 Å². The van der Waals surface area contributed by atoms with E-state index in [0.29, 0.717) is 5.75 Å². The summed E-state index contributed by atoms with van der Waals surface area (Å²) in [5, 5.41) is 0. The Hall–Kier alpha value is -1.49. The molecule has 1 aromatic carbocycles. The summed E-state index contributed by atoms with van der Waals surface area (Å²) in [6.07, 6.45) is 1.62. The number of ether oxygens (including phenoxy) is 1. The van der Waals surface area contributed by atoms with Crippen molar-refractivity contribution in [1.29, 1.82) is 0 Å². The van der Waals surface area contributed by atoms with E-state index in [1.165, 1.54) is 18.9 Å². The summed E-state index contributed by atoms with van der Waals surface area (Å²) in [5.74, 6) is 0.227. The number of fused-ring (bicyclic) bond motifs is 1. The molecule has 72 valence electrons. The summed E-state index contributed by atoms with van der Waals surface area (Å²) >= 11 is 1.44. The van der Waals surface area contributed by atoms with Crippen LogP contribution in [0.4, 0.5) is 5.69 Å². The average Bonchev–Trinajstić information content (AvgIpc) is 2.17. The first-order valence-electron chi connectivity index (χ1n) is 4.03. The Morgan fingerprint density at radius 1 is 1.57 bits per heavy atom. The van der Waals surface area contributed by atoms with Crippen molar-refractivity contribution in [2.75, 3.05) is 0 Å². The van der Waals surface area contributed by atoms with Gasteiger partial charge in [0.2, 0.25) is 0 Å². The molecule has 1 aromatic rings. The molecular weight excluding hydrogens is 200 g/mol. The maximum atomic E-state index is 10.7. The van der Waals surface area contributed by atoms with Gasteiger partial charge in [-0.2, -0.15) is 0 Å². The minimum absolute atomic E-state index is 0.317. The lowest BCUT2D eigenvalue weighted by molar-refractivity contribution is -0.131. The van der Waals surface area contributed by atoms with Gasteiger partial charge in [-0.1, -0.05) is 0 Å². The van der Waals surface area contributed by atoms with Crippen LogP contribution >= 0.6 is 11.9 Å². The molecule has 0 spiro atoms. The highest BCUT2D eigenvalue weighted by Gasteiger charge is 2.08. The Balaban J connectivity index is 2.30. The molecule has 1 aliphatic heterocycles. The van der Waals surface area contributed by atoms with Gasteiger partial charge in [-0.3, -0.25) is 4.79 Å². The van der Waals surface area contributed by atoms with Gasteiger partial charge in [0.25, 0.3) is 0 Å². The number of nitrogens with zero attached hydrogens (tertiary/aromatic N) is 1. The Bertz CT molecular complexity index is 404. The van der Waals surface area contributed by atoms with E-state index in [0.717, 1.165) is 10.6 Å². The highest BCUT2D eigenvalue weighted by molar-refractivity contribution is 7.98. The second-order valence-corrected chi connectivity index (χ2v) is 3.58. The van der Waals surface area contributed by atoms with Crippen molar-refractivity contribution in [3.63, 3.8) is 0 Å². The Morgan fingerprint density at radius 3 is 3.21 bits per heavy atom. The number of hydrogen-bond donors (Lipinski definition) is 1.